The Morgan fingerprint density at radius 2 is 1.58 bits per heavy atom. The molecule has 0 spiro atoms. The maximum absolute atomic E-state index is 14.6. The molecule has 1 saturated heterocycles. The molecule has 2 aromatic carbocycles. The molecule has 0 atom stereocenters. The standard InChI is InChI=1S/C27H21F10N3O2S/c28-19-9-16(11-38)21(42-14-25(29,30)31)10-22(19)41-13-23-20(12-40-7-5-18(6-8-40)27(35,36)37)39-24(43-23)15-1-3-17(4-2-15)26(32,33)34/h1-4,9-10,18H,5-8,12-14H2. The van der Waals surface area contributed by atoms with Gasteiger partial charge in [0.15, 0.2) is 18.2 Å². The zero-order chi connectivity index (χ0) is 31.6. The first-order chi connectivity index (χ1) is 20.0. The summed E-state index contributed by atoms with van der Waals surface area (Å²) in [5.74, 6) is -3.63. The number of halogens is 10. The summed E-state index contributed by atoms with van der Waals surface area (Å²) in [5, 5.41) is 9.41. The Labute approximate surface area is 242 Å². The molecular weight excluding hydrogens is 620 g/mol. The molecule has 4 rings (SSSR count). The third-order valence-corrected chi connectivity index (χ3v) is 7.69. The molecule has 0 saturated carbocycles. The number of hydrogen-bond donors (Lipinski definition) is 0. The molecule has 0 unspecified atom stereocenters. The summed E-state index contributed by atoms with van der Waals surface area (Å²) in [7, 11) is 0. The number of alkyl halides is 9. The molecule has 2 heterocycles. The average Bonchev–Trinajstić information content (AvgIpc) is 3.32. The summed E-state index contributed by atoms with van der Waals surface area (Å²) in [6.45, 7) is -1.87. The molecule has 232 valence electrons. The Morgan fingerprint density at radius 1 is 0.930 bits per heavy atom. The van der Waals surface area contributed by atoms with Crippen LogP contribution in [-0.2, 0) is 19.3 Å². The van der Waals surface area contributed by atoms with Crippen molar-refractivity contribution in [3.05, 3.63) is 63.9 Å². The summed E-state index contributed by atoms with van der Waals surface area (Å²) in [6, 6.07) is 7.11. The second-order valence-electron chi connectivity index (χ2n) is 9.64. The maximum Gasteiger partial charge on any atom is 0.422 e. The van der Waals surface area contributed by atoms with Crippen molar-refractivity contribution < 1.29 is 53.4 Å². The molecule has 3 aromatic rings. The van der Waals surface area contributed by atoms with Crippen LogP contribution in [0.5, 0.6) is 11.5 Å². The first kappa shape index (κ1) is 32.3. The van der Waals surface area contributed by atoms with Crippen LogP contribution in [0.1, 0.15) is 34.5 Å². The van der Waals surface area contributed by atoms with Gasteiger partial charge < -0.3 is 9.47 Å². The number of nitriles is 1. The molecule has 0 N–H and O–H groups in total. The predicted molar refractivity (Wildman–Crippen MR) is 134 cm³/mol. The van der Waals surface area contributed by atoms with Crippen LogP contribution in [0.25, 0.3) is 10.6 Å². The molecule has 43 heavy (non-hydrogen) atoms. The third-order valence-electron chi connectivity index (χ3n) is 6.57. The smallest absolute Gasteiger partial charge is 0.422 e. The number of hydrogen-bond acceptors (Lipinski definition) is 6. The van der Waals surface area contributed by atoms with Crippen molar-refractivity contribution >= 4 is 11.3 Å². The van der Waals surface area contributed by atoms with Crippen molar-refractivity contribution in [3.63, 3.8) is 0 Å². The van der Waals surface area contributed by atoms with Crippen molar-refractivity contribution in [2.75, 3.05) is 19.7 Å². The maximum atomic E-state index is 14.6. The topological polar surface area (TPSA) is 58.4 Å². The number of likely N-dealkylation sites (tertiary alicyclic amines) is 1. The molecule has 0 amide bonds. The van der Waals surface area contributed by atoms with Gasteiger partial charge in [0.05, 0.1) is 27.6 Å². The fourth-order valence-corrected chi connectivity index (χ4v) is 5.32. The van der Waals surface area contributed by atoms with Crippen LogP contribution < -0.4 is 9.47 Å². The van der Waals surface area contributed by atoms with Crippen LogP contribution in [0.3, 0.4) is 0 Å². The minimum absolute atomic E-state index is 0.0657. The van der Waals surface area contributed by atoms with Gasteiger partial charge in [0.25, 0.3) is 0 Å². The Kier molecular flexibility index (Phi) is 9.45. The number of aromatic nitrogens is 1. The van der Waals surface area contributed by atoms with Gasteiger partial charge in [0.2, 0.25) is 0 Å². The minimum atomic E-state index is -4.73. The second kappa shape index (κ2) is 12.6. The quantitative estimate of drug-likeness (QED) is 0.233. The van der Waals surface area contributed by atoms with E-state index in [-0.39, 0.29) is 37.5 Å². The number of thiazole rings is 1. The largest absolute Gasteiger partial charge is 0.485 e. The number of nitrogens with zero attached hydrogens (tertiary/aromatic N) is 3. The highest BCUT2D eigenvalue weighted by atomic mass is 32.1. The van der Waals surface area contributed by atoms with Crippen molar-refractivity contribution in [2.24, 2.45) is 5.92 Å². The number of rotatable bonds is 8. The number of piperidine rings is 1. The highest BCUT2D eigenvalue weighted by Gasteiger charge is 2.41. The molecule has 0 aliphatic carbocycles. The van der Waals surface area contributed by atoms with Crippen LogP contribution in [0.2, 0.25) is 0 Å². The van der Waals surface area contributed by atoms with Gasteiger partial charge in [-0.3, -0.25) is 4.90 Å². The Balaban J connectivity index is 1.59. The third kappa shape index (κ3) is 8.50. The van der Waals surface area contributed by atoms with Crippen LogP contribution in [0.15, 0.2) is 36.4 Å². The van der Waals surface area contributed by atoms with Crippen molar-refractivity contribution in [1.29, 1.82) is 5.26 Å². The van der Waals surface area contributed by atoms with E-state index in [9.17, 15) is 43.9 Å². The monoisotopic (exact) mass is 641 g/mol. The van der Waals surface area contributed by atoms with Gasteiger partial charge in [0, 0.05) is 18.2 Å². The van der Waals surface area contributed by atoms with Gasteiger partial charge in [-0.05, 0) is 44.1 Å². The lowest BCUT2D eigenvalue weighted by atomic mass is 9.96. The molecule has 5 nitrogen and oxygen atoms in total. The summed E-state index contributed by atoms with van der Waals surface area (Å²) in [5.41, 5.74) is -0.745. The summed E-state index contributed by atoms with van der Waals surface area (Å²) in [6.07, 6.45) is -13.9. The Bertz CT molecular complexity index is 1450. The molecule has 1 aliphatic rings. The predicted octanol–water partition coefficient (Wildman–Crippen LogP) is 8.13. The Hall–Kier alpha value is -3.58. The van der Waals surface area contributed by atoms with E-state index in [1.807, 2.05) is 0 Å². The normalized spacial score (nSPS) is 15.4. The molecule has 16 heteroatoms. The van der Waals surface area contributed by atoms with E-state index in [4.69, 9.17) is 10.00 Å². The van der Waals surface area contributed by atoms with E-state index < -0.39 is 66.1 Å². The van der Waals surface area contributed by atoms with E-state index in [2.05, 4.69) is 9.72 Å². The van der Waals surface area contributed by atoms with Gasteiger partial charge in [-0.25, -0.2) is 9.37 Å². The van der Waals surface area contributed by atoms with E-state index in [0.29, 0.717) is 22.2 Å². The van der Waals surface area contributed by atoms with Crippen LogP contribution in [0.4, 0.5) is 43.9 Å². The lowest BCUT2D eigenvalue weighted by molar-refractivity contribution is -0.185. The summed E-state index contributed by atoms with van der Waals surface area (Å²) in [4.78, 5) is 6.56. The summed E-state index contributed by atoms with van der Waals surface area (Å²) >= 11 is 0.991. The first-order valence-corrected chi connectivity index (χ1v) is 13.4. The highest BCUT2D eigenvalue weighted by Crippen LogP contribution is 2.37. The van der Waals surface area contributed by atoms with Crippen molar-refractivity contribution in [2.45, 2.75) is 44.5 Å². The van der Waals surface area contributed by atoms with Crippen molar-refractivity contribution in [3.8, 4) is 28.1 Å². The zero-order valence-electron chi connectivity index (χ0n) is 21.8. The van der Waals surface area contributed by atoms with E-state index in [1.54, 1.807) is 4.90 Å². The van der Waals surface area contributed by atoms with Crippen molar-refractivity contribution in [1.82, 2.24) is 9.88 Å². The lowest BCUT2D eigenvalue weighted by Crippen LogP contribution is -2.38. The first-order valence-electron chi connectivity index (χ1n) is 12.5. The molecule has 1 aromatic heterocycles. The van der Waals surface area contributed by atoms with Crippen LogP contribution >= 0.6 is 11.3 Å². The van der Waals surface area contributed by atoms with E-state index in [0.717, 1.165) is 29.5 Å². The molecule has 1 fully saturated rings. The molecule has 1 aliphatic heterocycles. The van der Waals surface area contributed by atoms with Crippen LogP contribution in [0, 0.1) is 23.1 Å². The SMILES string of the molecule is N#Cc1cc(F)c(OCc2sc(-c3ccc(C(F)(F)F)cc3)nc2CN2CCC(C(F)(F)F)CC2)cc1OCC(F)(F)F. The van der Waals surface area contributed by atoms with Gasteiger partial charge in [-0.15, -0.1) is 11.3 Å². The molecule has 0 radical (unpaired) electrons. The average molecular weight is 642 g/mol. The number of ether oxygens (including phenoxy) is 2. The van der Waals surface area contributed by atoms with Gasteiger partial charge >= 0.3 is 18.5 Å². The Morgan fingerprint density at radius 3 is 2.14 bits per heavy atom. The van der Waals surface area contributed by atoms with Gasteiger partial charge in [0.1, 0.15) is 23.4 Å². The molecular formula is C27H21F10N3O2S. The number of benzene rings is 2. The van der Waals surface area contributed by atoms with E-state index >= 15 is 0 Å². The lowest BCUT2D eigenvalue weighted by Gasteiger charge is -2.32. The van der Waals surface area contributed by atoms with Gasteiger partial charge in [-0.1, -0.05) is 12.1 Å². The summed E-state index contributed by atoms with van der Waals surface area (Å²) < 4.78 is 141. The second-order valence-corrected chi connectivity index (χ2v) is 10.7. The van der Waals surface area contributed by atoms with E-state index in [1.165, 1.54) is 18.2 Å². The minimum Gasteiger partial charge on any atom is -0.485 e. The van der Waals surface area contributed by atoms with Crippen LogP contribution in [-0.4, -0.2) is 41.9 Å². The fourth-order valence-electron chi connectivity index (χ4n) is 4.33. The zero-order valence-corrected chi connectivity index (χ0v) is 22.7. The van der Waals surface area contributed by atoms with Gasteiger partial charge in [-0.2, -0.15) is 44.8 Å². The fraction of sp³-hybridized carbons (Fsp3) is 0.407. The molecule has 0 bridgehead atoms. The highest BCUT2D eigenvalue weighted by molar-refractivity contribution is 7.15.